The van der Waals surface area contributed by atoms with Crippen molar-refractivity contribution in [1.82, 2.24) is 29.6 Å². The minimum Gasteiger partial charge on any atom is -0.352 e. The molecule has 0 radical (unpaired) electrons. The number of thiazole rings is 1. The Kier molecular flexibility index (Phi) is 5.04. The van der Waals surface area contributed by atoms with Crippen LogP contribution in [0.15, 0.2) is 36.8 Å². The molecule has 5 rings (SSSR count). The van der Waals surface area contributed by atoms with Crippen molar-refractivity contribution in [3.05, 3.63) is 41.8 Å². The summed E-state index contributed by atoms with van der Waals surface area (Å²) in [6.45, 7) is 2.96. The maximum Gasteiger partial charge on any atom is 0.222 e. The largest absolute Gasteiger partial charge is 0.352 e. The van der Waals surface area contributed by atoms with Crippen molar-refractivity contribution in [2.45, 2.75) is 19.3 Å². The number of piperazine rings is 1. The van der Waals surface area contributed by atoms with Gasteiger partial charge in [-0.1, -0.05) is 12.1 Å². The molecule has 1 amide bonds. The van der Waals surface area contributed by atoms with Crippen LogP contribution in [-0.2, 0) is 18.3 Å². The molecule has 1 aromatic carbocycles. The molecule has 154 valence electrons. The Balaban J connectivity index is 1.15. The van der Waals surface area contributed by atoms with Gasteiger partial charge in [-0.3, -0.25) is 9.48 Å². The van der Waals surface area contributed by atoms with Crippen molar-refractivity contribution in [1.29, 1.82) is 0 Å². The molecule has 1 saturated heterocycles. The van der Waals surface area contributed by atoms with E-state index in [1.165, 1.54) is 4.70 Å². The van der Waals surface area contributed by atoms with Crippen LogP contribution in [0.25, 0.3) is 21.3 Å². The summed E-state index contributed by atoms with van der Waals surface area (Å²) in [4.78, 5) is 30.3. The number of hydrogen-bond donors (Lipinski definition) is 0. The molecule has 1 fully saturated rings. The Morgan fingerprint density at radius 3 is 2.80 bits per heavy atom. The number of benzene rings is 1. The lowest BCUT2D eigenvalue weighted by molar-refractivity contribution is -0.131. The number of nitrogens with zero attached hydrogens (tertiary/aromatic N) is 7. The molecule has 0 bridgehead atoms. The third kappa shape index (κ3) is 3.60. The number of amides is 1. The first-order valence-electron chi connectivity index (χ1n) is 10.2. The number of anilines is 1. The summed E-state index contributed by atoms with van der Waals surface area (Å²) in [6.07, 6.45) is 5.64. The van der Waals surface area contributed by atoms with Gasteiger partial charge >= 0.3 is 0 Å². The summed E-state index contributed by atoms with van der Waals surface area (Å²) < 4.78 is 2.97. The fourth-order valence-corrected chi connectivity index (χ4v) is 4.95. The van der Waals surface area contributed by atoms with E-state index < -0.39 is 0 Å². The number of aromatic nitrogens is 5. The Bertz CT molecular complexity index is 1160. The number of aryl methyl sites for hydroxylation is 2. The fourth-order valence-electron chi connectivity index (χ4n) is 3.95. The van der Waals surface area contributed by atoms with Gasteiger partial charge in [0.05, 0.1) is 26.8 Å². The molecule has 0 saturated carbocycles. The van der Waals surface area contributed by atoms with Gasteiger partial charge < -0.3 is 9.80 Å². The van der Waals surface area contributed by atoms with E-state index in [4.69, 9.17) is 0 Å². The number of carbonyl (C=O) groups excluding carboxylic acids is 1. The quantitative estimate of drug-likeness (QED) is 0.493. The summed E-state index contributed by atoms with van der Waals surface area (Å²) >= 11 is 1.72. The lowest BCUT2D eigenvalue weighted by atomic mass is 10.2. The third-order valence-corrected chi connectivity index (χ3v) is 6.66. The normalized spacial score (nSPS) is 14.7. The van der Waals surface area contributed by atoms with Crippen LogP contribution in [0, 0.1) is 0 Å². The first-order chi connectivity index (χ1) is 14.7. The molecule has 0 atom stereocenters. The van der Waals surface area contributed by atoms with Crippen LogP contribution in [0.4, 0.5) is 5.82 Å². The predicted octanol–water partition coefficient (Wildman–Crippen LogP) is 2.64. The van der Waals surface area contributed by atoms with Gasteiger partial charge in [0, 0.05) is 39.6 Å². The number of fused-ring (bicyclic) bond motifs is 2. The van der Waals surface area contributed by atoms with Gasteiger partial charge in [-0.05, 0) is 25.0 Å². The predicted molar refractivity (Wildman–Crippen MR) is 118 cm³/mol. The van der Waals surface area contributed by atoms with Gasteiger partial charge in [0.2, 0.25) is 5.91 Å². The maximum absolute atomic E-state index is 12.7. The third-order valence-electron chi connectivity index (χ3n) is 5.56. The van der Waals surface area contributed by atoms with Crippen LogP contribution in [0.2, 0.25) is 0 Å². The zero-order chi connectivity index (χ0) is 20.5. The minimum absolute atomic E-state index is 0.227. The second kappa shape index (κ2) is 7.98. The standard InChI is InChI=1S/C21H23N7OS/c1-26-20-15(13-24-26)21(23-14-22-20)28-11-9-27(10-12-28)19(29)8-4-7-18-25-16-5-2-3-6-17(16)30-18/h2-3,5-6,13-14H,4,7-12H2,1H3. The molecular formula is C21H23N7OS. The smallest absolute Gasteiger partial charge is 0.222 e. The lowest BCUT2D eigenvalue weighted by Crippen LogP contribution is -2.49. The molecule has 4 heterocycles. The lowest BCUT2D eigenvalue weighted by Gasteiger charge is -2.35. The summed E-state index contributed by atoms with van der Waals surface area (Å²) in [5.41, 5.74) is 1.88. The molecule has 1 aliphatic heterocycles. The molecular weight excluding hydrogens is 398 g/mol. The van der Waals surface area contributed by atoms with E-state index in [2.05, 4.69) is 31.0 Å². The molecule has 0 N–H and O–H groups in total. The van der Waals surface area contributed by atoms with E-state index in [0.717, 1.165) is 53.3 Å². The van der Waals surface area contributed by atoms with Crippen molar-refractivity contribution in [3.63, 3.8) is 0 Å². The van der Waals surface area contributed by atoms with Crippen LogP contribution in [0.1, 0.15) is 17.8 Å². The molecule has 0 aliphatic carbocycles. The van der Waals surface area contributed by atoms with Gasteiger partial charge in [-0.2, -0.15) is 5.10 Å². The summed E-state index contributed by atoms with van der Waals surface area (Å²) in [6, 6.07) is 8.18. The minimum atomic E-state index is 0.227. The summed E-state index contributed by atoms with van der Waals surface area (Å²) in [5.74, 6) is 1.13. The molecule has 1 aliphatic rings. The van der Waals surface area contributed by atoms with Crippen LogP contribution in [0.5, 0.6) is 0 Å². The Morgan fingerprint density at radius 2 is 1.97 bits per heavy atom. The molecule has 3 aromatic heterocycles. The van der Waals surface area contributed by atoms with Crippen LogP contribution >= 0.6 is 11.3 Å². The molecule has 0 spiro atoms. The molecule has 8 nitrogen and oxygen atoms in total. The van der Waals surface area contributed by atoms with E-state index in [1.807, 2.05) is 36.3 Å². The number of carbonyl (C=O) groups is 1. The van der Waals surface area contributed by atoms with Crippen molar-refractivity contribution < 1.29 is 4.79 Å². The number of hydrogen-bond acceptors (Lipinski definition) is 7. The number of rotatable bonds is 5. The van der Waals surface area contributed by atoms with E-state index >= 15 is 0 Å². The van der Waals surface area contributed by atoms with Crippen molar-refractivity contribution in [2.75, 3.05) is 31.1 Å². The van der Waals surface area contributed by atoms with Gasteiger partial charge in [-0.25, -0.2) is 15.0 Å². The van der Waals surface area contributed by atoms with Crippen molar-refractivity contribution >= 4 is 44.3 Å². The van der Waals surface area contributed by atoms with E-state index in [1.54, 1.807) is 22.3 Å². The average Bonchev–Trinajstić information content (AvgIpc) is 3.37. The van der Waals surface area contributed by atoms with Crippen molar-refractivity contribution in [3.8, 4) is 0 Å². The van der Waals surface area contributed by atoms with Gasteiger partial charge in [0.15, 0.2) is 5.65 Å². The van der Waals surface area contributed by atoms with Crippen LogP contribution in [0.3, 0.4) is 0 Å². The van der Waals surface area contributed by atoms with Gasteiger partial charge in [0.1, 0.15) is 12.1 Å². The molecule has 30 heavy (non-hydrogen) atoms. The number of para-hydroxylation sites is 1. The zero-order valence-corrected chi connectivity index (χ0v) is 17.7. The molecule has 0 unspecified atom stereocenters. The van der Waals surface area contributed by atoms with E-state index in [-0.39, 0.29) is 5.91 Å². The average molecular weight is 422 g/mol. The molecule has 9 heteroatoms. The van der Waals surface area contributed by atoms with Crippen molar-refractivity contribution in [2.24, 2.45) is 7.05 Å². The summed E-state index contributed by atoms with van der Waals surface area (Å²) in [7, 11) is 1.88. The summed E-state index contributed by atoms with van der Waals surface area (Å²) in [5, 5.41) is 6.35. The maximum atomic E-state index is 12.7. The zero-order valence-electron chi connectivity index (χ0n) is 16.9. The van der Waals surface area contributed by atoms with E-state index in [0.29, 0.717) is 19.5 Å². The highest BCUT2D eigenvalue weighted by Crippen LogP contribution is 2.24. The topological polar surface area (TPSA) is 80.0 Å². The monoisotopic (exact) mass is 421 g/mol. The SMILES string of the molecule is Cn1ncc2c(N3CCN(C(=O)CCCc4nc5ccccc5s4)CC3)ncnc21. The Morgan fingerprint density at radius 1 is 1.13 bits per heavy atom. The Labute approximate surface area is 178 Å². The second-order valence-electron chi connectivity index (χ2n) is 7.50. The highest BCUT2D eigenvalue weighted by molar-refractivity contribution is 7.18. The molecule has 4 aromatic rings. The highest BCUT2D eigenvalue weighted by atomic mass is 32.1. The van der Waals surface area contributed by atoms with Crippen LogP contribution in [-0.4, -0.2) is 61.7 Å². The van der Waals surface area contributed by atoms with Gasteiger partial charge in [0.25, 0.3) is 0 Å². The second-order valence-corrected chi connectivity index (χ2v) is 8.61. The first-order valence-corrected chi connectivity index (χ1v) is 11.0. The Hall–Kier alpha value is -3.07. The fraction of sp³-hybridized carbons (Fsp3) is 0.381. The first kappa shape index (κ1) is 18.9. The highest BCUT2D eigenvalue weighted by Gasteiger charge is 2.23. The van der Waals surface area contributed by atoms with E-state index in [9.17, 15) is 4.79 Å². The van der Waals surface area contributed by atoms with Crippen LogP contribution < -0.4 is 4.90 Å². The van der Waals surface area contributed by atoms with Gasteiger partial charge in [-0.15, -0.1) is 11.3 Å².